The van der Waals surface area contributed by atoms with E-state index in [9.17, 15) is 4.79 Å². The molecule has 2 aromatic rings. The largest absolute Gasteiger partial charge is 0.355 e. The number of piperidine rings is 1. The molecule has 1 N–H and O–H groups in total. The Morgan fingerprint density at radius 2 is 2.26 bits per heavy atom. The first kappa shape index (κ1) is 16.5. The number of carbonyl (C=O) groups excluding carboxylic acids is 1. The molecule has 0 bridgehead atoms. The number of likely N-dealkylation sites (tertiary alicyclic amines) is 1. The fourth-order valence-corrected chi connectivity index (χ4v) is 3.78. The maximum atomic E-state index is 12.5. The van der Waals surface area contributed by atoms with Gasteiger partial charge in [0.2, 0.25) is 0 Å². The van der Waals surface area contributed by atoms with Crippen molar-refractivity contribution in [2.45, 2.75) is 19.8 Å². The lowest BCUT2D eigenvalue weighted by Crippen LogP contribution is -2.40. The molecule has 7 heteroatoms. The molecule has 5 nitrogen and oxygen atoms in total. The highest BCUT2D eigenvalue weighted by Crippen LogP contribution is 2.31. The molecule has 124 valence electrons. The van der Waals surface area contributed by atoms with E-state index >= 15 is 0 Å². The van der Waals surface area contributed by atoms with Crippen molar-refractivity contribution in [3.63, 3.8) is 0 Å². The summed E-state index contributed by atoms with van der Waals surface area (Å²) in [5.74, 6) is 1.19. The average Bonchev–Trinajstić information content (AvgIpc) is 3.21. The van der Waals surface area contributed by atoms with E-state index in [1.165, 1.54) is 11.3 Å². The Morgan fingerprint density at radius 3 is 2.91 bits per heavy atom. The minimum atomic E-state index is -0.0513. The van der Waals surface area contributed by atoms with Gasteiger partial charge < -0.3 is 14.7 Å². The summed E-state index contributed by atoms with van der Waals surface area (Å²) in [6, 6.07) is 5.38. The van der Waals surface area contributed by atoms with Gasteiger partial charge in [-0.1, -0.05) is 23.7 Å². The van der Waals surface area contributed by atoms with Crippen LogP contribution in [0.5, 0.6) is 0 Å². The first-order chi connectivity index (χ1) is 11.2. The van der Waals surface area contributed by atoms with Crippen molar-refractivity contribution in [1.82, 2.24) is 15.4 Å². The standard InChI is InChI=1S/C16H20ClN3O2S/c1-2-18-10-11-5-7-20(8-6-11)16(21)12-9-13(22-19-12)14-3-4-15(17)23-14/h3-4,9,11,18H,2,5-8,10H2,1H3. The number of nitrogens with one attached hydrogen (secondary N) is 1. The summed E-state index contributed by atoms with van der Waals surface area (Å²) in [6.45, 7) is 5.70. The number of aromatic nitrogens is 1. The van der Waals surface area contributed by atoms with Crippen molar-refractivity contribution in [1.29, 1.82) is 0 Å². The highest BCUT2D eigenvalue weighted by atomic mass is 35.5. The molecule has 1 fully saturated rings. The van der Waals surface area contributed by atoms with Gasteiger partial charge in [-0.05, 0) is 44.0 Å². The Bertz CT molecular complexity index is 662. The second kappa shape index (κ2) is 7.47. The molecular weight excluding hydrogens is 334 g/mol. The fourth-order valence-electron chi connectivity index (χ4n) is 2.79. The van der Waals surface area contributed by atoms with E-state index < -0.39 is 0 Å². The molecule has 1 aliphatic heterocycles. The van der Waals surface area contributed by atoms with Crippen LogP contribution in [0.4, 0.5) is 0 Å². The normalized spacial score (nSPS) is 16.0. The predicted octanol–water partition coefficient (Wildman–Crippen LogP) is 3.52. The number of amides is 1. The van der Waals surface area contributed by atoms with Crippen LogP contribution in [0, 0.1) is 5.92 Å². The van der Waals surface area contributed by atoms with Crippen molar-refractivity contribution in [3.8, 4) is 10.6 Å². The third kappa shape index (κ3) is 3.94. The maximum absolute atomic E-state index is 12.5. The summed E-state index contributed by atoms with van der Waals surface area (Å²) in [5.41, 5.74) is 0.370. The molecular formula is C16H20ClN3O2S. The van der Waals surface area contributed by atoms with Gasteiger partial charge in [-0.2, -0.15) is 0 Å². The van der Waals surface area contributed by atoms with Crippen LogP contribution < -0.4 is 5.32 Å². The molecule has 1 aliphatic rings. The van der Waals surface area contributed by atoms with E-state index in [0.29, 0.717) is 21.7 Å². The lowest BCUT2D eigenvalue weighted by atomic mass is 9.96. The molecule has 1 amide bonds. The quantitative estimate of drug-likeness (QED) is 0.893. The van der Waals surface area contributed by atoms with Gasteiger partial charge in [0.05, 0.1) is 9.21 Å². The minimum Gasteiger partial charge on any atom is -0.355 e. The zero-order valence-corrected chi connectivity index (χ0v) is 14.6. The first-order valence-corrected chi connectivity index (χ1v) is 9.09. The summed E-state index contributed by atoms with van der Waals surface area (Å²) < 4.78 is 5.98. The third-order valence-corrected chi connectivity index (χ3v) is 5.38. The Kier molecular flexibility index (Phi) is 5.35. The molecule has 0 aromatic carbocycles. The van der Waals surface area contributed by atoms with E-state index in [0.717, 1.165) is 43.9 Å². The molecule has 0 saturated carbocycles. The van der Waals surface area contributed by atoms with E-state index in [2.05, 4.69) is 17.4 Å². The third-order valence-electron chi connectivity index (χ3n) is 4.13. The van der Waals surface area contributed by atoms with Crippen molar-refractivity contribution in [3.05, 3.63) is 28.2 Å². The molecule has 0 spiro atoms. The van der Waals surface area contributed by atoms with E-state index in [1.807, 2.05) is 11.0 Å². The summed E-state index contributed by atoms with van der Waals surface area (Å²) in [5, 5.41) is 7.31. The molecule has 1 saturated heterocycles. The summed E-state index contributed by atoms with van der Waals surface area (Å²) >= 11 is 7.34. The van der Waals surface area contributed by atoms with Gasteiger partial charge in [-0.25, -0.2) is 0 Å². The van der Waals surface area contributed by atoms with Crippen LogP contribution >= 0.6 is 22.9 Å². The van der Waals surface area contributed by atoms with Crippen molar-refractivity contribution in [2.75, 3.05) is 26.2 Å². The second-order valence-electron chi connectivity index (χ2n) is 5.72. The smallest absolute Gasteiger partial charge is 0.276 e. The van der Waals surface area contributed by atoms with Crippen LogP contribution in [0.25, 0.3) is 10.6 Å². The predicted molar refractivity (Wildman–Crippen MR) is 92.0 cm³/mol. The highest BCUT2D eigenvalue weighted by molar-refractivity contribution is 7.19. The molecule has 0 atom stereocenters. The van der Waals surface area contributed by atoms with Crippen molar-refractivity contribution in [2.24, 2.45) is 5.92 Å². The number of nitrogens with zero attached hydrogens (tertiary/aromatic N) is 2. The number of hydrogen-bond donors (Lipinski definition) is 1. The zero-order chi connectivity index (χ0) is 16.2. The number of thiophene rings is 1. The minimum absolute atomic E-state index is 0.0513. The van der Waals surface area contributed by atoms with Gasteiger partial charge in [-0.15, -0.1) is 11.3 Å². The molecule has 2 aromatic heterocycles. The molecule has 3 heterocycles. The molecule has 0 unspecified atom stereocenters. The van der Waals surface area contributed by atoms with Crippen molar-refractivity contribution < 1.29 is 9.32 Å². The molecule has 0 radical (unpaired) electrons. The van der Waals surface area contributed by atoms with Crippen LogP contribution in [0.1, 0.15) is 30.3 Å². The zero-order valence-electron chi connectivity index (χ0n) is 13.0. The van der Waals surface area contributed by atoms with E-state index in [-0.39, 0.29) is 5.91 Å². The maximum Gasteiger partial charge on any atom is 0.276 e. The lowest BCUT2D eigenvalue weighted by molar-refractivity contribution is 0.0680. The second-order valence-corrected chi connectivity index (χ2v) is 7.44. The van der Waals surface area contributed by atoms with Crippen LogP contribution in [0.3, 0.4) is 0 Å². The van der Waals surface area contributed by atoms with Gasteiger partial charge in [0, 0.05) is 19.2 Å². The van der Waals surface area contributed by atoms with Crippen LogP contribution in [0.2, 0.25) is 4.34 Å². The Morgan fingerprint density at radius 1 is 1.48 bits per heavy atom. The van der Waals surface area contributed by atoms with Gasteiger partial charge in [0.1, 0.15) is 0 Å². The fraction of sp³-hybridized carbons (Fsp3) is 0.500. The number of rotatable bonds is 5. The van der Waals surface area contributed by atoms with E-state index in [4.69, 9.17) is 16.1 Å². The number of halogens is 1. The SMILES string of the molecule is CCNCC1CCN(C(=O)c2cc(-c3ccc(Cl)s3)on2)CC1. The van der Waals surface area contributed by atoms with E-state index in [1.54, 1.807) is 12.1 Å². The molecule has 3 rings (SSSR count). The van der Waals surface area contributed by atoms with Crippen LogP contribution in [-0.4, -0.2) is 42.1 Å². The van der Waals surface area contributed by atoms with Crippen LogP contribution in [0.15, 0.2) is 22.7 Å². The Hall–Kier alpha value is -1.37. The van der Waals surface area contributed by atoms with Gasteiger partial charge in [0.25, 0.3) is 5.91 Å². The summed E-state index contributed by atoms with van der Waals surface area (Å²) in [4.78, 5) is 15.3. The number of hydrogen-bond acceptors (Lipinski definition) is 5. The topological polar surface area (TPSA) is 58.4 Å². The highest BCUT2D eigenvalue weighted by Gasteiger charge is 2.25. The van der Waals surface area contributed by atoms with Gasteiger partial charge >= 0.3 is 0 Å². The first-order valence-electron chi connectivity index (χ1n) is 7.89. The number of carbonyl (C=O) groups is 1. The summed E-state index contributed by atoms with van der Waals surface area (Å²) in [7, 11) is 0. The average molecular weight is 354 g/mol. The molecule has 0 aliphatic carbocycles. The Labute approximate surface area is 144 Å². The molecule has 23 heavy (non-hydrogen) atoms. The van der Waals surface area contributed by atoms with Gasteiger partial charge in [0.15, 0.2) is 11.5 Å². The van der Waals surface area contributed by atoms with Crippen molar-refractivity contribution >= 4 is 28.8 Å². The summed E-state index contributed by atoms with van der Waals surface area (Å²) in [6.07, 6.45) is 2.06. The van der Waals surface area contributed by atoms with Gasteiger partial charge in [-0.3, -0.25) is 4.79 Å². The monoisotopic (exact) mass is 353 g/mol. The Balaban J connectivity index is 1.60. The lowest BCUT2D eigenvalue weighted by Gasteiger charge is -2.31. The van der Waals surface area contributed by atoms with Crippen LogP contribution in [-0.2, 0) is 0 Å².